The summed E-state index contributed by atoms with van der Waals surface area (Å²) in [7, 11) is -3.52. The molecule has 2 N–H and O–H groups in total. The molecule has 0 aliphatic carbocycles. The van der Waals surface area contributed by atoms with Gasteiger partial charge in [0.25, 0.3) is 5.91 Å². The smallest absolute Gasteiger partial charge is 0.268 e. The topological polar surface area (TPSA) is 90.1 Å². The van der Waals surface area contributed by atoms with Crippen LogP contribution in [0, 0.1) is 0 Å². The van der Waals surface area contributed by atoms with E-state index in [0.29, 0.717) is 0 Å². The van der Waals surface area contributed by atoms with Gasteiger partial charge in [-0.1, -0.05) is 11.6 Å². The fraction of sp³-hybridized carbons (Fsp3) is 0.143. The number of nitrogens with zero attached hydrogens (tertiary/aromatic N) is 1. The van der Waals surface area contributed by atoms with Crippen LogP contribution in [-0.2, 0) is 9.84 Å². The molecule has 0 bridgehead atoms. The zero-order valence-electron chi connectivity index (χ0n) is 7.19. The Hall–Kier alpha value is -1.14. The molecule has 14 heavy (non-hydrogen) atoms. The molecular formula is C7H7ClN2O3S. The highest BCUT2D eigenvalue weighted by atomic mass is 35.5. The lowest BCUT2D eigenvalue weighted by atomic mass is 10.3. The van der Waals surface area contributed by atoms with Crippen LogP contribution in [0.15, 0.2) is 17.0 Å². The lowest BCUT2D eigenvalue weighted by molar-refractivity contribution is 0.0992. The van der Waals surface area contributed by atoms with Crippen LogP contribution in [0.25, 0.3) is 0 Å². The third-order valence-corrected chi connectivity index (χ3v) is 2.80. The van der Waals surface area contributed by atoms with E-state index in [-0.39, 0.29) is 15.7 Å². The maximum absolute atomic E-state index is 11.2. The fourth-order valence-electron chi connectivity index (χ4n) is 0.898. The van der Waals surface area contributed by atoms with Gasteiger partial charge in [0.2, 0.25) is 0 Å². The predicted octanol–water partition coefficient (Wildman–Crippen LogP) is 0.237. The quantitative estimate of drug-likeness (QED) is 0.742. The summed E-state index contributed by atoms with van der Waals surface area (Å²) in [5.74, 6) is -0.923. The van der Waals surface area contributed by atoms with Gasteiger partial charge in [0.15, 0.2) is 9.84 Å². The van der Waals surface area contributed by atoms with Crippen molar-refractivity contribution in [1.29, 1.82) is 0 Å². The Balaban J connectivity index is 3.53. The second-order valence-electron chi connectivity index (χ2n) is 2.62. The molecule has 5 nitrogen and oxygen atoms in total. The SMILES string of the molecule is CS(=O)(=O)c1ccc(Cl)nc1C(N)=O. The second kappa shape index (κ2) is 3.55. The van der Waals surface area contributed by atoms with Crippen molar-refractivity contribution >= 4 is 27.3 Å². The van der Waals surface area contributed by atoms with Crippen molar-refractivity contribution in [3.63, 3.8) is 0 Å². The molecule has 1 amide bonds. The van der Waals surface area contributed by atoms with Crippen molar-refractivity contribution in [2.75, 3.05) is 6.26 Å². The first-order valence-electron chi connectivity index (χ1n) is 3.49. The van der Waals surface area contributed by atoms with Crippen LogP contribution in [0.5, 0.6) is 0 Å². The van der Waals surface area contributed by atoms with E-state index in [1.54, 1.807) is 0 Å². The highest BCUT2D eigenvalue weighted by Gasteiger charge is 2.18. The van der Waals surface area contributed by atoms with Crippen molar-refractivity contribution in [1.82, 2.24) is 4.98 Å². The molecule has 0 spiro atoms. The molecule has 0 saturated carbocycles. The lowest BCUT2D eigenvalue weighted by Gasteiger charge is -2.03. The van der Waals surface area contributed by atoms with Crippen molar-refractivity contribution in [3.8, 4) is 0 Å². The zero-order valence-corrected chi connectivity index (χ0v) is 8.76. The van der Waals surface area contributed by atoms with E-state index < -0.39 is 15.7 Å². The van der Waals surface area contributed by atoms with Crippen LogP contribution in [-0.4, -0.2) is 25.6 Å². The van der Waals surface area contributed by atoms with Gasteiger partial charge >= 0.3 is 0 Å². The summed E-state index contributed by atoms with van der Waals surface area (Å²) in [6.45, 7) is 0. The molecule has 1 aromatic heterocycles. The Bertz CT molecular complexity index is 484. The average Bonchev–Trinajstić information content (AvgIpc) is 2.01. The molecule has 7 heteroatoms. The molecule has 1 aromatic rings. The molecule has 0 aliphatic rings. The molecule has 0 atom stereocenters. The number of carbonyl (C=O) groups is 1. The van der Waals surface area contributed by atoms with Crippen LogP contribution in [0.2, 0.25) is 5.15 Å². The number of primary amides is 1. The molecule has 0 saturated heterocycles. The fourth-order valence-corrected chi connectivity index (χ4v) is 1.86. The van der Waals surface area contributed by atoms with Crippen molar-refractivity contribution in [2.24, 2.45) is 5.73 Å². The Morgan fingerprint density at radius 2 is 2.07 bits per heavy atom. The standard InChI is InChI=1S/C7H7ClN2O3S/c1-14(12,13)4-2-3-5(8)10-6(4)7(9)11/h2-3H,1H3,(H2,9,11). The number of nitrogens with two attached hydrogens (primary N) is 1. The Morgan fingerprint density at radius 1 is 1.50 bits per heavy atom. The number of halogens is 1. The first-order chi connectivity index (χ1) is 6.32. The van der Waals surface area contributed by atoms with Crippen LogP contribution in [0.4, 0.5) is 0 Å². The number of hydrogen-bond donors (Lipinski definition) is 1. The van der Waals surface area contributed by atoms with Crippen molar-refractivity contribution in [2.45, 2.75) is 4.90 Å². The second-order valence-corrected chi connectivity index (χ2v) is 4.99. The molecule has 0 radical (unpaired) electrons. The van der Waals surface area contributed by atoms with E-state index in [2.05, 4.69) is 4.98 Å². The molecule has 1 heterocycles. The largest absolute Gasteiger partial charge is 0.364 e. The van der Waals surface area contributed by atoms with Gasteiger partial charge in [-0.25, -0.2) is 13.4 Å². The van der Waals surface area contributed by atoms with Crippen LogP contribution in [0.1, 0.15) is 10.5 Å². The molecule has 0 fully saturated rings. The van der Waals surface area contributed by atoms with Gasteiger partial charge in [-0.2, -0.15) is 0 Å². The minimum Gasteiger partial charge on any atom is -0.364 e. The minimum absolute atomic E-state index is 0.0196. The van der Waals surface area contributed by atoms with E-state index in [1.165, 1.54) is 12.1 Å². The summed E-state index contributed by atoms with van der Waals surface area (Å²) in [6.07, 6.45) is 0.963. The van der Waals surface area contributed by atoms with E-state index in [4.69, 9.17) is 17.3 Å². The minimum atomic E-state index is -3.52. The number of carbonyl (C=O) groups excluding carboxylic acids is 1. The van der Waals surface area contributed by atoms with Gasteiger partial charge in [-0.15, -0.1) is 0 Å². The van der Waals surface area contributed by atoms with E-state index in [9.17, 15) is 13.2 Å². The van der Waals surface area contributed by atoms with Gasteiger partial charge in [-0.3, -0.25) is 4.79 Å². The highest BCUT2D eigenvalue weighted by molar-refractivity contribution is 7.90. The monoisotopic (exact) mass is 234 g/mol. The van der Waals surface area contributed by atoms with Crippen LogP contribution in [0.3, 0.4) is 0 Å². The normalized spacial score (nSPS) is 11.3. The zero-order chi connectivity index (χ0) is 10.9. The van der Waals surface area contributed by atoms with E-state index in [1.807, 2.05) is 0 Å². The Labute approximate surface area is 85.8 Å². The highest BCUT2D eigenvalue weighted by Crippen LogP contribution is 2.16. The summed E-state index contributed by atoms with van der Waals surface area (Å²) in [5, 5.41) is 0.0196. The van der Waals surface area contributed by atoms with Crippen LogP contribution < -0.4 is 5.73 Å². The van der Waals surface area contributed by atoms with E-state index in [0.717, 1.165) is 6.26 Å². The number of pyridine rings is 1. The number of rotatable bonds is 2. The predicted molar refractivity (Wildman–Crippen MR) is 50.9 cm³/mol. The number of amides is 1. The summed E-state index contributed by atoms with van der Waals surface area (Å²) in [6, 6.07) is 2.48. The maximum Gasteiger partial charge on any atom is 0.268 e. The van der Waals surface area contributed by atoms with Gasteiger partial charge in [0, 0.05) is 6.26 Å². The summed E-state index contributed by atoms with van der Waals surface area (Å²) < 4.78 is 22.4. The van der Waals surface area contributed by atoms with Crippen LogP contribution >= 0.6 is 11.6 Å². The van der Waals surface area contributed by atoms with Gasteiger partial charge in [0.1, 0.15) is 10.8 Å². The lowest BCUT2D eigenvalue weighted by Crippen LogP contribution is -2.17. The molecule has 0 unspecified atom stereocenters. The first kappa shape index (κ1) is 10.9. The van der Waals surface area contributed by atoms with Crippen molar-refractivity contribution in [3.05, 3.63) is 23.0 Å². The third-order valence-electron chi connectivity index (χ3n) is 1.46. The first-order valence-corrected chi connectivity index (χ1v) is 5.75. The molecule has 1 rings (SSSR count). The Kier molecular flexibility index (Phi) is 2.77. The van der Waals surface area contributed by atoms with Gasteiger partial charge < -0.3 is 5.73 Å². The summed E-state index contributed by atoms with van der Waals surface area (Å²) in [4.78, 5) is 14.2. The van der Waals surface area contributed by atoms with Gasteiger partial charge in [0.05, 0.1) is 4.90 Å². The third kappa shape index (κ3) is 2.21. The maximum atomic E-state index is 11.2. The van der Waals surface area contributed by atoms with Crippen molar-refractivity contribution < 1.29 is 13.2 Å². The van der Waals surface area contributed by atoms with Gasteiger partial charge in [-0.05, 0) is 12.1 Å². The number of sulfone groups is 1. The van der Waals surface area contributed by atoms with E-state index >= 15 is 0 Å². The molecule has 76 valence electrons. The number of hydrogen-bond acceptors (Lipinski definition) is 4. The summed E-state index contributed by atoms with van der Waals surface area (Å²) in [5.41, 5.74) is 4.62. The molecular weight excluding hydrogens is 228 g/mol. The summed E-state index contributed by atoms with van der Waals surface area (Å²) >= 11 is 5.50. The Morgan fingerprint density at radius 3 is 2.50 bits per heavy atom. The molecule has 0 aromatic carbocycles. The number of aromatic nitrogens is 1. The average molecular weight is 235 g/mol. The molecule has 0 aliphatic heterocycles.